The molecule has 1 spiro atoms. The molecular weight excluding hydrogens is 296 g/mol. The Morgan fingerprint density at radius 1 is 1.18 bits per heavy atom. The van der Waals surface area contributed by atoms with Crippen LogP contribution in [-0.4, -0.2) is 48.4 Å². The van der Waals surface area contributed by atoms with Crippen molar-refractivity contribution in [3.8, 4) is 0 Å². The van der Waals surface area contributed by atoms with Gasteiger partial charge in [-0.05, 0) is 36.6 Å². The highest BCUT2D eigenvalue weighted by Gasteiger charge is 2.52. The second-order valence-electron chi connectivity index (χ2n) is 7.45. The fraction of sp³-hybridized carbons (Fsp3) is 0.611. The smallest absolute Gasteiger partial charge is 0.227 e. The molecule has 0 aromatic heterocycles. The Bertz CT molecular complexity index is 527. The monoisotopic (exact) mass is 320 g/mol. The molecule has 2 saturated heterocycles. The molecule has 3 nitrogen and oxygen atoms in total. The van der Waals surface area contributed by atoms with Gasteiger partial charge in [0.2, 0.25) is 5.91 Å². The maximum absolute atomic E-state index is 12.3. The first-order chi connectivity index (χ1) is 10.5. The number of hydrogen-bond acceptors (Lipinski definition) is 2. The summed E-state index contributed by atoms with van der Waals surface area (Å²) in [7, 11) is 0. The van der Waals surface area contributed by atoms with Crippen LogP contribution in [0.25, 0.3) is 0 Å². The van der Waals surface area contributed by atoms with Crippen LogP contribution in [0.1, 0.15) is 25.8 Å². The molecule has 0 atom stereocenters. The molecule has 2 aliphatic rings. The largest absolute Gasteiger partial charge is 0.341 e. The summed E-state index contributed by atoms with van der Waals surface area (Å²) in [6.07, 6.45) is 1.76. The molecule has 3 rings (SSSR count). The fourth-order valence-electron chi connectivity index (χ4n) is 3.53. The predicted octanol–water partition coefficient (Wildman–Crippen LogP) is 3.07. The summed E-state index contributed by atoms with van der Waals surface area (Å²) in [5.41, 5.74) is 1.45. The number of rotatable bonds is 5. The Hall–Kier alpha value is -1.06. The van der Waals surface area contributed by atoms with Gasteiger partial charge in [-0.2, -0.15) is 0 Å². The lowest BCUT2D eigenvalue weighted by Gasteiger charge is -2.60. The van der Waals surface area contributed by atoms with E-state index in [0.29, 0.717) is 11.8 Å². The highest BCUT2D eigenvalue weighted by Crippen LogP contribution is 2.39. The average molecular weight is 321 g/mol. The van der Waals surface area contributed by atoms with Gasteiger partial charge in [0.25, 0.3) is 0 Å². The third-order valence-electron chi connectivity index (χ3n) is 4.81. The van der Waals surface area contributed by atoms with Gasteiger partial charge in [-0.25, -0.2) is 0 Å². The van der Waals surface area contributed by atoms with E-state index >= 15 is 0 Å². The number of nitrogens with zero attached hydrogens (tertiary/aromatic N) is 2. The van der Waals surface area contributed by atoms with E-state index < -0.39 is 0 Å². The molecule has 120 valence electrons. The van der Waals surface area contributed by atoms with Crippen molar-refractivity contribution >= 4 is 17.5 Å². The van der Waals surface area contributed by atoms with Gasteiger partial charge in [0.1, 0.15) is 0 Å². The summed E-state index contributed by atoms with van der Waals surface area (Å²) >= 11 is 5.87. The van der Waals surface area contributed by atoms with Gasteiger partial charge in [0, 0.05) is 36.6 Å². The summed E-state index contributed by atoms with van der Waals surface area (Å²) in [5.74, 6) is 1.02. The van der Waals surface area contributed by atoms with Crippen molar-refractivity contribution in [3.05, 3.63) is 34.9 Å². The SMILES string of the molecule is CC(C)CCN1CC2(C1)CN(C(=O)Cc1ccc(Cl)cc1)C2. The first kappa shape index (κ1) is 15.8. The van der Waals surface area contributed by atoms with Gasteiger partial charge in [0.05, 0.1) is 6.42 Å². The predicted molar refractivity (Wildman–Crippen MR) is 90.1 cm³/mol. The Labute approximate surface area is 138 Å². The Morgan fingerprint density at radius 2 is 1.82 bits per heavy atom. The molecule has 2 fully saturated rings. The molecule has 0 aliphatic carbocycles. The molecule has 1 aromatic rings. The van der Waals surface area contributed by atoms with Gasteiger partial charge in [-0.3, -0.25) is 4.79 Å². The molecule has 4 heteroatoms. The number of hydrogen-bond donors (Lipinski definition) is 0. The van der Waals surface area contributed by atoms with Crippen LogP contribution in [-0.2, 0) is 11.2 Å². The molecule has 0 N–H and O–H groups in total. The van der Waals surface area contributed by atoms with Gasteiger partial charge in [0.15, 0.2) is 0 Å². The van der Waals surface area contributed by atoms with Crippen LogP contribution in [0.5, 0.6) is 0 Å². The van der Waals surface area contributed by atoms with Crippen molar-refractivity contribution in [3.63, 3.8) is 0 Å². The van der Waals surface area contributed by atoms with Gasteiger partial charge >= 0.3 is 0 Å². The molecule has 0 radical (unpaired) electrons. The molecule has 0 bridgehead atoms. The quantitative estimate of drug-likeness (QED) is 0.832. The van der Waals surface area contributed by atoms with Crippen molar-refractivity contribution < 1.29 is 4.79 Å². The van der Waals surface area contributed by atoms with Gasteiger partial charge < -0.3 is 9.80 Å². The maximum Gasteiger partial charge on any atom is 0.227 e. The van der Waals surface area contributed by atoms with Crippen molar-refractivity contribution in [2.24, 2.45) is 11.3 Å². The van der Waals surface area contributed by atoms with Crippen LogP contribution in [0.15, 0.2) is 24.3 Å². The Balaban J connectivity index is 1.40. The normalized spacial score (nSPS) is 20.1. The van der Waals surface area contributed by atoms with Crippen molar-refractivity contribution in [1.82, 2.24) is 9.80 Å². The van der Waals surface area contributed by atoms with Crippen molar-refractivity contribution in [2.45, 2.75) is 26.7 Å². The van der Waals surface area contributed by atoms with Crippen LogP contribution >= 0.6 is 11.6 Å². The first-order valence-corrected chi connectivity index (χ1v) is 8.58. The third kappa shape index (κ3) is 3.47. The number of halogens is 1. The standard InChI is InChI=1S/C18H25ClN2O/c1-14(2)7-8-20-10-18(11-20)12-21(13-18)17(22)9-15-3-5-16(19)6-4-15/h3-6,14H,7-13H2,1-2H3. The zero-order valence-corrected chi connectivity index (χ0v) is 14.3. The van der Waals surface area contributed by atoms with E-state index in [1.807, 2.05) is 29.2 Å². The zero-order valence-electron chi connectivity index (χ0n) is 13.5. The summed E-state index contributed by atoms with van der Waals surface area (Å²) in [6, 6.07) is 7.57. The topological polar surface area (TPSA) is 23.6 Å². The van der Waals surface area contributed by atoms with E-state index in [1.54, 1.807) is 0 Å². The molecular formula is C18H25ClN2O. The lowest BCUT2D eigenvalue weighted by Crippen LogP contribution is -2.73. The summed E-state index contributed by atoms with van der Waals surface area (Å²) in [6.45, 7) is 9.98. The minimum absolute atomic E-state index is 0.244. The summed E-state index contributed by atoms with van der Waals surface area (Å²) < 4.78 is 0. The van der Waals surface area contributed by atoms with Crippen LogP contribution in [0, 0.1) is 11.3 Å². The highest BCUT2D eigenvalue weighted by atomic mass is 35.5. The van der Waals surface area contributed by atoms with E-state index in [1.165, 1.54) is 26.1 Å². The minimum Gasteiger partial charge on any atom is -0.341 e. The highest BCUT2D eigenvalue weighted by molar-refractivity contribution is 6.30. The molecule has 2 heterocycles. The maximum atomic E-state index is 12.3. The van der Waals surface area contributed by atoms with Crippen LogP contribution in [0.3, 0.4) is 0 Å². The Kier molecular flexibility index (Phi) is 4.47. The first-order valence-electron chi connectivity index (χ1n) is 8.20. The number of carbonyl (C=O) groups is 1. The average Bonchev–Trinajstić information content (AvgIpc) is 2.37. The summed E-state index contributed by atoms with van der Waals surface area (Å²) in [5, 5.41) is 0.718. The van der Waals surface area contributed by atoms with Crippen molar-refractivity contribution in [2.75, 3.05) is 32.7 Å². The second-order valence-corrected chi connectivity index (χ2v) is 7.88. The molecule has 0 unspecified atom stereocenters. The lowest BCUT2D eigenvalue weighted by molar-refractivity contribution is -0.158. The number of carbonyl (C=O) groups excluding carboxylic acids is 1. The number of likely N-dealkylation sites (tertiary alicyclic amines) is 2. The molecule has 1 amide bonds. The lowest BCUT2D eigenvalue weighted by atomic mass is 9.72. The van der Waals surface area contributed by atoms with E-state index in [2.05, 4.69) is 18.7 Å². The number of amides is 1. The molecule has 2 aliphatic heterocycles. The molecule has 0 saturated carbocycles. The van der Waals surface area contributed by atoms with Gasteiger partial charge in [-0.1, -0.05) is 37.6 Å². The third-order valence-corrected chi connectivity index (χ3v) is 5.07. The van der Waals surface area contributed by atoms with E-state index in [4.69, 9.17) is 11.6 Å². The zero-order chi connectivity index (χ0) is 15.7. The Morgan fingerprint density at radius 3 is 2.41 bits per heavy atom. The second kappa shape index (κ2) is 6.21. The molecule has 22 heavy (non-hydrogen) atoms. The fourth-order valence-corrected chi connectivity index (χ4v) is 3.66. The van der Waals surface area contributed by atoms with Gasteiger partial charge in [-0.15, -0.1) is 0 Å². The van der Waals surface area contributed by atoms with E-state index in [-0.39, 0.29) is 5.91 Å². The van der Waals surface area contributed by atoms with E-state index in [9.17, 15) is 4.79 Å². The van der Waals surface area contributed by atoms with Crippen molar-refractivity contribution in [1.29, 1.82) is 0 Å². The van der Waals surface area contributed by atoms with E-state index in [0.717, 1.165) is 29.6 Å². The number of benzene rings is 1. The minimum atomic E-state index is 0.244. The van der Waals surface area contributed by atoms with Crippen LogP contribution < -0.4 is 0 Å². The summed E-state index contributed by atoms with van der Waals surface area (Å²) in [4.78, 5) is 16.8. The van der Waals surface area contributed by atoms with Crippen LogP contribution in [0.2, 0.25) is 5.02 Å². The molecule has 1 aromatic carbocycles. The van der Waals surface area contributed by atoms with Crippen LogP contribution in [0.4, 0.5) is 0 Å².